The summed E-state index contributed by atoms with van der Waals surface area (Å²) in [5.74, 6) is 0. The van der Waals surface area contributed by atoms with Gasteiger partial charge >= 0.3 is 0 Å². The van der Waals surface area contributed by atoms with E-state index in [2.05, 4.69) is 34.9 Å². The molecule has 1 aliphatic rings. The van der Waals surface area contributed by atoms with Crippen molar-refractivity contribution in [3.63, 3.8) is 0 Å². The van der Waals surface area contributed by atoms with Crippen LogP contribution in [0.15, 0.2) is 23.3 Å². The molecule has 2 nitrogen and oxygen atoms in total. The average molecular weight is 162 g/mol. The van der Waals surface area contributed by atoms with E-state index in [0.717, 1.165) is 13.0 Å². The summed E-state index contributed by atoms with van der Waals surface area (Å²) in [5, 5.41) is 0. The van der Waals surface area contributed by atoms with Crippen molar-refractivity contribution in [1.82, 2.24) is 4.57 Å². The Bertz CT molecular complexity index is 297. The van der Waals surface area contributed by atoms with Crippen LogP contribution < -0.4 is 0 Å². The van der Waals surface area contributed by atoms with Crippen molar-refractivity contribution >= 4 is 5.71 Å². The highest BCUT2D eigenvalue weighted by Crippen LogP contribution is 2.13. The topological polar surface area (TPSA) is 17.3 Å². The molecular weight excluding hydrogens is 148 g/mol. The third-order valence-corrected chi connectivity index (χ3v) is 2.36. The number of aryl methyl sites for hydroxylation is 1. The Hall–Kier alpha value is -1.05. The van der Waals surface area contributed by atoms with E-state index in [-0.39, 0.29) is 0 Å². The van der Waals surface area contributed by atoms with Crippen LogP contribution >= 0.6 is 0 Å². The van der Waals surface area contributed by atoms with Crippen LogP contribution in [0.3, 0.4) is 0 Å². The van der Waals surface area contributed by atoms with E-state index in [1.165, 1.54) is 24.2 Å². The molecule has 0 saturated heterocycles. The zero-order valence-corrected chi connectivity index (χ0v) is 7.45. The summed E-state index contributed by atoms with van der Waals surface area (Å²) in [7, 11) is 2.08. The first-order chi connectivity index (χ1) is 5.88. The number of nitrogens with zero attached hydrogens (tertiary/aromatic N) is 2. The molecule has 0 saturated carbocycles. The Morgan fingerprint density at radius 1 is 1.42 bits per heavy atom. The zero-order valence-electron chi connectivity index (χ0n) is 7.45. The van der Waals surface area contributed by atoms with Gasteiger partial charge in [0.15, 0.2) is 0 Å². The Balaban J connectivity index is 2.29. The van der Waals surface area contributed by atoms with Gasteiger partial charge in [-0.3, -0.25) is 4.99 Å². The normalized spacial score (nSPS) is 17.6. The first-order valence-corrected chi connectivity index (χ1v) is 4.53. The van der Waals surface area contributed by atoms with Gasteiger partial charge in [-0.1, -0.05) is 0 Å². The lowest BCUT2D eigenvalue weighted by Gasteiger charge is -2.12. The molecule has 2 rings (SSSR count). The standard InChI is InChI=1S/C10H14N2/c1-12-8-4-6-10(12)9-5-2-3-7-11-9/h4,6,8H,2-3,5,7H2,1H3. The fraction of sp³-hybridized carbons (Fsp3) is 0.500. The molecule has 0 atom stereocenters. The van der Waals surface area contributed by atoms with Gasteiger partial charge in [-0.25, -0.2) is 0 Å². The van der Waals surface area contributed by atoms with Crippen LogP contribution in [-0.2, 0) is 7.05 Å². The van der Waals surface area contributed by atoms with Gasteiger partial charge in [0.25, 0.3) is 0 Å². The molecule has 0 amide bonds. The molecule has 1 aliphatic heterocycles. The summed E-state index contributed by atoms with van der Waals surface area (Å²) in [4.78, 5) is 4.53. The van der Waals surface area contributed by atoms with Gasteiger partial charge in [0.2, 0.25) is 0 Å². The van der Waals surface area contributed by atoms with Gasteiger partial charge in [0, 0.05) is 19.8 Å². The minimum atomic E-state index is 1.01. The first kappa shape index (κ1) is 7.59. The van der Waals surface area contributed by atoms with E-state index < -0.39 is 0 Å². The maximum absolute atomic E-state index is 4.53. The van der Waals surface area contributed by atoms with E-state index in [1.807, 2.05) is 0 Å². The van der Waals surface area contributed by atoms with E-state index in [1.54, 1.807) is 0 Å². The Kier molecular flexibility index (Phi) is 1.98. The summed E-state index contributed by atoms with van der Waals surface area (Å²) in [6, 6.07) is 4.22. The molecule has 0 aliphatic carbocycles. The number of aromatic nitrogens is 1. The maximum Gasteiger partial charge on any atom is 0.0618 e. The third kappa shape index (κ3) is 1.29. The predicted molar refractivity (Wildman–Crippen MR) is 50.7 cm³/mol. The fourth-order valence-electron chi connectivity index (χ4n) is 1.67. The fourth-order valence-corrected chi connectivity index (χ4v) is 1.67. The van der Waals surface area contributed by atoms with Crippen LogP contribution in [-0.4, -0.2) is 16.8 Å². The van der Waals surface area contributed by atoms with Gasteiger partial charge in [-0.05, 0) is 31.4 Å². The molecule has 0 fully saturated rings. The lowest BCUT2D eigenvalue weighted by atomic mass is 10.1. The predicted octanol–water partition coefficient (Wildman–Crippen LogP) is 2.00. The van der Waals surface area contributed by atoms with Crippen molar-refractivity contribution in [2.45, 2.75) is 19.3 Å². The monoisotopic (exact) mass is 162 g/mol. The van der Waals surface area contributed by atoms with Crippen molar-refractivity contribution in [3.05, 3.63) is 24.0 Å². The molecule has 0 aromatic carbocycles. The molecule has 2 heteroatoms. The van der Waals surface area contributed by atoms with Crippen LogP contribution in [0.4, 0.5) is 0 Å². The van der Waals surface area contributed by atoms with Crippen molar-refractivity contribution in [3.8, 4) is 0 Å². The number of aliphatic imine (C=N–C) groups is 1. The minimum absolute atomic E-state index is 1.01. The summed E-state index contributed by atoms with van der Waals surface area (Å²) in [6.07, 6.45) is 5.78. The van der Waals surface area contributed by atoms with Crippen molar-refractivity contribution in [1.29, 1.82) is 0 Å². The highest BCUT2D eigenvalue weighted by molar-refractivity contribution is 5.99. The quantitative estimate of drug-likeness (QED) is 0.601. The Morgan fingerprint density at radius 3 is 2.92 bits per heavy atom. The van der Waals surface area contributed by atoms with Gasteiger partial charge in [0.05, 0.1) is 11.4 Å². The van der Waals surface area contributed by atoms with E-state index in [4.69, 9.17) is 0 Å². The second-order valence-corrected chi connectivity index (χ2v) is 3.29. The molecular formula is C10H14N2. The van der Waals surface area contributed by atoms with E-state index in [0.29, 0.717) is 0 Å². The molecule has 1 aromatic heterocycles. The molecule has 64 valence electrons. The summed E-state index contributed by atoms with van der Waals surface area (Å²) in [5.41, 5.74) is 2.57. The minimum Gasteiger partial charge on any atom is -0.350 e. The molecule has 0 spiro atoms. The highest BCUT2D eigenvalue weighted by atomic mass is 14.9. The smallest absolute Gasteiger partial charge is 0.0618 e. The SMILES string of the molecule is Cn1cccc1C1=NCCCC1. The van der Waals surface area contributed by atoms with Crippen molar-refractivity contribution in [2.24, 2.45) is 12.0 Å². The maximum atomic E-state index is 4.53. The lowest BCUT2D eigenvalue weighted by Crippen LogP contribution is -2.11. The van der Waals surface area contributed by atoms with Crippen molar-refractivity contribution in [2.75, 3.05) is 6.54 Å². The van der Waals surface area contributed by atoms with Gasteiger partial charge in [-0.2, -0.15) is 0 Å². The Labute approximate surface area is 72.9 Å². The lowest BCUT2D eigenvalue weighted by molar-refractivity contribution is 0.732. The van der Waals surface area contributed by atoms with E-state index in [9.17, 15) is 0 Å². The summed E-state index contributed by atoms with van der Waals surface area (Å²) < 4.78 is 2.14. The number of rotatable bonds is 1. The van der Waals surface area contributed by atoms with Crippen LogP contribution in [0.1, 0.15) is 25.0 Å². The molecule has 0 N–H and O–H groups in total. The third-order valence-electron chi connectivity index (χ3n) is 2.36. The van der Waals surface area contributed by atoms with Crippen LogP contribution in [0, 0.1) is 0 Å². The second-order valence-electron chi connectivity index (χ2n) is 3.29. The first-order valence-electron chi connectivity index (χ1n) is 4.53. The number of hydrogen-bond acceptors (Lipinski definition) is 1. The number of hydrogen-bond donors (Lipinski definition) is 0. The molecule has 0 bridgehead atoms. The largest absolute Gasteiger partial charge is 0.350 e. The van der Waals surface area contributed by atoms with Crippen molar-refractivity contribution < 1.29 is 0 Å². The second kappa shape index (κ2) is 3.13. The van der Waals surface area contributed by atoms with Gasteiger partial charge < -0.3 is 4.57 Å². The van der Waals surface area contributed by atoms with Gasteiger partial charge in [0.1, 0.15) is 0 Å². The average Bonchev–Trinajstić information content (AvgIpc) is 2.53. The van der Waals surface area contributed by atoms with E-state index >= 15 is 0 Å². The molecule has 1 aromatic rings. The van der Waals surface area contributed by atoms with Crippen LogP contribution in [0.25, 0.3) is 0 Å². The van der Waals surface area contributed by atoms with Crippen LogP contribution in [0.2, 0.25) is 0 Å². The summed E-state index contributed by atoms with van der Waals surface area (Å²) >= 11 is 0. The van der Waals surface area contributed by atoms with Gasteiger partial charge in [-0.15, -0.1) is 0 Å². The summed E-state index contributed by atoms with van der Waals surface area (Å²) in [6.45, 7) is 1.01. The highest BCUT2D eigenvalue weighted by Gasteiger charge is 2.09. The van der Waals surface area contributed by atoms with Crippen LogP contribution in [0.5, 0.6) is 0 Å². The zero-order chi connectivity index (χ0) is 8.39. The molecule has 0 unspecified atom stereocenters. The Morgan fingerprint density at radius 2 is 2.33 bits per heavy atom. The molecule has 12 heavy (non-hydrogen) atoms. The molecule has 0 radical (unpaired) electrons. The molecule has 2 heterocycles.